The normalized spacial score (nSPS) is 22.4. The average molecular weight is 274 g/mol. The first-order valence-corrected chi connectivity index (χ1v) is 6.47. The molecule has 5 nitrogen and oxygen atoms in total. The Bertz CT molecular complexity index is 730. The average Bonchev–Trinajstić information content (AvgIpc) is 2.86. The number of hydrogen-bond donors (Lipinski definition) is 0. The number of aromatic nitrogens is 3. The van der Waals surface area contributed by atoms with Gasteiger partial charge in [0.05, 0.1) is 15.3 Å². The van der Waals surface area contributed by atoms with E-state index in [0.717, 1.165) is 5.46 Å². The van der Waals surface area contributed by atoms with Crippen molar-refractivity contribution in [3.05, 3.63) is 36.7 Å². The van der Waals surface area contributed by atoms with Crippen LogP contribution in [0.2, 0.25) is 0 Å². The molecular formula is C14H18BN3O2. The van der Waals surface area contributed by atoms with Crippen molar-refractivity contribution in [3.8, 4) is 5.82 Å². The molecule has 20 heavy (non-hydrogen) atoms. The summed E-state index contributed by atoms with van der Waals surface area (Å²) >= 11 is 0. The highest BCUT2D eigenvalue weighted by Crippen LogP contribution is 2.36. The second-order valence-electron chi connectivity index (χ2n) is 5.80. The lowest BCUT2D eigenvalue weighted by atomic mass is 9.80. The third-order valence-corrected chi connectivity index (χ3v) is 3.88. The SMILES string of the molecule is [2H]c1nn(-c2ccc(B3OC(C)(C)C(C)(C)O3)cn2)c([2H])c1[2H]. The second kappa shape index (κ2) is 4.43. The maximum Gasteiger partial charge on any atom is 0.496 e. The van der Waals surface area contributed by atoms with Crippen LogP contribution in [0.3, 0.4) is 0 Å². The van der Waals surface area contributed by atoms with Crippen LogP contribution in [0.25, 0.3) is 5.82 Å². The molecule has 6 heteroatoms. The van der Waals surface area contributed by atoms with E-state index in [9.17, 15) is 0 Å². The Labute approximate surface area is 123 Å². The molecular weight excluding hydrogens is 253 g/mol. The van der Waals surface area contributed by atoms with E-state index in [-0.39, 0.29) is 18.4 Å². The predicted molar refractivity (Wildman–Crippen MR) is 77.1 cm³/mol. The second-order valence-corrected chi connectivity index (χ2v) is 5.80. The lowest BCUT2D eigenvalue weighted by molar-refractivity contribution is 0.00578. The number of pyridine rings is 1. The molecule has 1 aliphatic heterocycles. The lowest BCUT2D eigenvalue weighted by Crippen LogP contribution is -2.41. The van der Waals surface area contributed by atoms with Gasteiger partial charge >= 0.3 is 7.12 Å². The van der Waals surface area contributed by atoms with Crippen LogP contribution in [0, 0.1) is 0 Å². The molecule has 0 amide bonds. The largest absolute Gasteiger partial charge is 0.496 e. The lowest BCUT2D eigenvalue weighted by Gasteiger charge is -2.32. The van der Waals surface area contributed by atoms with Gasteiger partial charge in [-0.15, -0.1) is 0 Å². The van der Waals surface area contributed by atoms with E-state index in [0.29, 0.717) is 5.82 Å². The Morgan fingerprint density at radius 1 is 1.20 bits per heavy atom. The predicted octanol–water partition coefficient (Wildman–Crippen LogP) is 1.57. The standard InChI is InChI=1S/C14H18BN3O2/c1-13(2)14(3,4)20-15(19-13)11-6-7-12(16-10-11)18-9-5-8-17-18/h5-10H,1-4H3/i5D,8D,9D. The van der Waals surface area contributed by atoms with E-state index in [1.165, 1.54) is 4.68 Å². The Morgan fingerprint density at radius 2 is 1.90 bits per heavy atom. The number of nitrogens with zero attached hydrogens (tertiary/aromatic N) is 3. The van der Waals surface area contributed by atoms with E-state index in [1.807, 2.05) is 27.7 Å². The van der Waals surface area contributed by atoms with Crippen LogP contribution in [-0.2, 0) is 9.31 Å². The highest BCUT2D eigenvalue weighted by molar-refractivity contribution is 6.62. The zero-order valence-electron chi connectivity index (χ0n) is 15.0. The Hall–Kier alpha value is -1.66. The summed E-state index contributed by atoms with van der Waals surface area (Å²) in [7, 11) is -0.506. The third-order valence-electron chi connectivity index (χ3n) is 3.88. The van der Waals surface area contributed by atoms with Crippen LogP contribution in [0.15, 0.2) is 36.7 Å². The van der Waals surface area contributed by atoms with Gasteiger partial charge in [-0.3, -0.25) is 0 Å². The molecule has 2 aromatic heterocycles. The van der Waals surface area contributed by atoms with Crippen molar-refractivity contribution < 1.29 is 13.4 Å². The smallest absolute Gasteiger partial charge is 0.399 e. The van der Waals surface area contributed by atoms with Gasteiger partial charge in [-0.25, -0.2) is 9.67 Å². The van der Waals surface area contributed by atoms with Crippen LogP contribution in [0.4, 0.5) is 0 Å². The van der Waals surface area contributed by atoms with Crippen molar-refractivity contribution in [3.63, 3.8) is 0 Å². The quantitative estimate of drug-likeness (QED) is 0.780. The maximum absolute atomic E-state index is 7.78. The molecule has 0 bridgehead atoms. The minimum Gasteiger partial charge on any atom is -0.399 e. The summed E-state index contributed by atoms with van der Waals surface area (Å²) in [5.41, 5.74) is -0.0805. The first-order chi connectivity index (χ1) is 10.6. The summed E-state index contributed by atoms with van der Waals surface area (Å²) in [6, 6.07) is 3.24. The zero-order chi connectivity index (χ0) is 17.0. The Kier molecular flexibility index (Phi) is 2.24. The van der Waals surface area contributed by atoms with Crippen molar-refractivity contribution in [1.82, 2.24) is 14.8 Å². The summed E-state index contributed by atoms with van der Waals surface area (Å²) in [6.07, 6.45) is 1.20. The van der Waals surface area contributed by atoms with E-state index >= 15 is 0 Å². The highest BCUT2D eigenvalue weighted by Gasteiger charge is 2.51. The summed E-state index contributed by atoms with van der Waals surface area (Å²) in [5, 5.41) is 3.84. The number of rotatable bonds is 2. The van der Waals surface area contributed by atoms with Crippen LogP contribution >= 0.6 is 0 Å². The highest BCUT2D eigenvalue weighted by atomic mass is 16.7. The summed E-state index contributed by atoms with van der Waals surface area (Å²) in [4.78, 5) is 4.26. The topological polar surface area (TPSA) is 49.2 Å². The third kappa shape index (κ3) is 2.15. The van der Waals surface area contributed by atoms with Gasteiger partial charge in [-0.05, 0) is 39.8 Å². The van der Waals surface area contributed by atoms with Gasteiger partial charge in [0, 0.05) is 24.0 Å². The first kappa shape index (κ1) is 10.1. The molecule has 0 radical (unpaired) electrons. The minimum atomic E-state index is -0.506. The molecule has 104 valence electrons. The van der Waals surface area contributed by atoms with Crippen molar-refractivity contribution in [2.75, 3.05) is 0 Å². The molecule has 2 aromatic rings. The molecule has 0 aromatic carbocycles. The van der Waals surface area contributed by atoms with Gasteiger partial charge < -0.3 is 9.31 Å². The molecule has 3 rings (SSSR count). The van der Waals surface area contributed by atoms with Crippen molar-refractivity contribution in [2.24, 2.45) is 0 Å². The fourth-order valence-corrected chi connectivity index (χ4v) is 1.93. The van der Waals surface area contributed by atoms with Gasteiger partial charge in [0.15, 0.2) is 5.82 Å². The fourth-order valence-electron chi connectivity index (χ4n) is 1.93. The van der Waals surface area contributed by atoms with E-state index in [2.05, 4.69) is 10.1 Å². The molecule has 1 aliphatic rings. The van der Waals surface area contributed by atoms with Crippen LogP contribution in [0.1, 0.15) is 31.8 Å². The molecule has 0 saturated carbocycles. The van der Waals surface area contributed by atoms with E-state index < -0.39 is 18.3 Å². The van der Waals surface area contributed by atoms with Gasteiger partial charge in [-0.1, -0.05) is 6.07 Å². The summed E-state index contributed by atoms with van der Waals surface area (Å²) in [5.74, 6) is 0.377. The summed E-state index contributed by atoms with van der Waals surface area (Å²) < 4.78 is 35.9. The molecule has 0 unspecified atom stereocenters. The monoisotopic (exact) mass is 274 g/mol. The molecule has 3 heterocycles. The van der Waals surface area contributed by atoms with Crippen molar-refractivity contribution in [2.45, 2.75) is 38.9 Å². The molecule has 0 aliphatic carbocycles. The fraction of sp³-hybridized carbons (Fsp3) is 0.429. The molecule has 1 fully saturated rings. The minimum absolute atomic E-state index is 0.161. The van der Waals surface area contributed by atoms with E-state index in [4.69, 9.17) is 13.4 Å². The van der Waals surface area contributed by atoms with Crippen LogP contribution in [0.5, 0.6) is 0 Å². The Morgan fingerprint density at radius 3 is 2.40 bits per heavy atom. The number of hydrogen-bond acceptors (Lipinski definition) is 4. The van der Waals surface area contributed by atoms with Crippen molar-refractivity contribution in [1.29, 1.82) is 0 Å². The molecule has 1 saturated heterocycles. The maximum atomic E-state index is 7.78. The zero-order valence-corrected chi connectivity index (χ0v) is 12.0. The van der Waals surface area contributed by atoms with E-state index in [1.54, 1.807) is 18.3 Å². The first-order valence-electron chi connectivity index (χ1n) is 7.97. The van der Waals surface area contributed by atoms with Crippen molar-refractivity contribution >= 4 is 12.6 Å². The molecule has 0 spiro atoms. The van der Waals surface area contributed by atoms with Gasteiger partial charge in [0.25, 0.3) is 0 Å². The van der Waals surface area contributed by atoms with Crippen LogP contribution in [-0.4, -0.2) is 33.1 Å². The summed E-state index contributed by atoms with van der Waals surface area (Å²) in [6.45, 7) is 7.93. The van der Waals surface area contributed by atoms with Gasteiger partial charge in [0.1, 0.15) is 0 Å². The van der Waals surface area contributed by atoms with Crippen LogP contribution < -0.4 is 5.46 Å². The van der Waals surface area contributed by atoms with Gasteiger partial charge in [0.2, 0.25) is 0 Å². The molecule has 0 atom stereocenters. The molecule has 0 N–H and O–H groups in total. The van der Waals surface area contributed by atoms with Gasteiger partial charge in [-0.2, -0.15) is 5.10 Å². The Balaban J connectivity index is 1.88.